The Morgan fingerprint density at radius 3 is 2.90 bits per heavy atom. The molecule has 2 aliphatic heterocycles. The van der Waals surface area contributed by atoms with Gasteiger partial charge < -0.3 is 10.2 Å². The van der Waals surface area contributed by atoms with Crippen molar-refractivity contribution >= 4 is 16.9 Å². The summed E-state index contributed by atoms with van der Waals surface area (Å²) in [7, 11) is 1.93. The van der Waals surface area contributed by atoms with E-state index >= 15 is 0 Å². The Hall–Kier alpha value is -2.77. The maximum absolute atomic E-state index is 13.1. The molecule has 1 aromatic carbocycles. The van der Waals surface area contributed by atoms with Crippen LogP contribution in [0.2, 0.25) is 0 Å². The van der Waals surface area contributed by atoms with Crippen molar-refractivity contribution in [3.05, 3.63) is 59.4 Å². The Kier molecular flexibility index (Phi) is 5.00. The zero-order valence-electron chi connectivity index (χ0n) is 17.6. The van der Waals surface area contributed by atoms with Crippen LogP contribution in [0.5, 0.6) is 0 Å². The zero-order valence-corrected chi connectivity index (χ0v) is 17.6. The molecule has 2 saturated heterocycles. The number of pyridine rings is 1. The largest absolute Gasteiger partial charge is 0.333 e. The maximum Gasteiger partial charge on any atom is 0.254 e. The molecule has 2 fully saturated rings. The summed E-state index contributed by atoms with van der Waals surface area (Å²) in [6.45, 7) is 6.47. The Morgan fingerprint density at radius 1 is 1.23 bits per heavy atom. The first-order chi connectivity index (χ1) is 14.6. The number of hydrogen-bond acceptors (Lipinski definition) is 5. The Bertz CT molecular complexity index is 1060. The highest BCUT2D eigenvalue weighted by molar-refractivity contribution is 5.94. The van der Waals surface area contributed by atoms with Gasteiger partial charge >= 0.3 is 0 Å². The van der Waals surface area contributed by atoms with E-state index in [4.69, 9.17) is 0 Å². The topological polar surface area (TPSA) is 66.3 Å². The number of hydrogen-bond donors (Lipinski definition) is 1. The number of aryl methyl sites for hydroxylation is 2. The van der Waals surface area contributed by atoms with Crippen molar-refractivity contribution in [1.29, 1.82) is 0 Å². The molecular weight excluding hydrogens is 376 g/mol. The van der Waals surface area contributed by atoms with Crippen molar-refractivity contribution in [3.63, 3.8) is 0 Å². The van der Waals surface area contributed by atoms with Crippen molar-refractivity contribution in [2.45, 2.75) is 32.0 Å². The van der Waals surface area contributed by atoms with Gasteiger partial charge in [-0.3, -0.25) is 14.4 Å². The van der Waals surface area contributed by atoms with Gasteiger partial charge in [0.1, 0.15) is 0 Å². The number of fused-ring (bicyclic) bond motifs is 3. The summed E-state index contributed by atoms with van der Waals surface area (Å²) in [6.07, 6.45) is 2.99. The summed E-state index contributed by atoms with van der Waals surface area (Å²) >= 11 is 0. The van der Waals surface area contributed by atoms with Crippen LogP contribution >= 0.6 is 0 Å². The van der Waals surface area contributed by atoms with E-state index in [0.29, 0.717) is 12.1 Å². The lowest BCUT2D eigenvalue weighted by molar-refractivity contribution is 0.0495. The lowest BCUT2D eigenvalue weighted by Gasteiger charge is -2.40. The molecule has 2 aromatic heterocycles. The number of aromatic nitrogens is 3. The molecule has 4 heterocycles. The van der Waals surface area contributed by atoms with E-state index in [1.807, 2.05) is 55.2 Å². The highest BCUT2D eigenvalue weighted by Crippen LogP contribution is 2.26. The van der Waals surface area contributed by atoms with Gasteiger partial charge in [-0.25, -0.2) is 4.98 Å². The first-order valence-electron chi connectivity index (χ1n) is 10.7. The molecular formula is C23H28N6O. The standard InChI is InChI=1S/C23H28N6O/c1-16-21-10-17(12-25-22(21)27(2)26-16)11-24-13-20-15-29(19-8-9-28(20)14-19)23(30)18-6-4-3-5-7-18/h3-7,10,12,19-20,24H,8-9,11,13-15H2,1-2H3/t19-,20+/m0/s1. The first kappa shape index (κ1) is 19.2. The van der Waals surface area contributed by atoms with E-state index in [1.165, 1.54) is 0 Å². The molecule has 0 aliphatic carbocycles. The molecule has 7 heteroatoms. The second kappa shape index (κ2) is 7.81. The molecule has 0 spiro atoms. The monoisotopic (exact) mass is 404 g/mol. The van der Waals surface area contributed by atoms with Crippen LogP contribution in [0.3, 0.4) is 0 Å². The van der Waals surface area contributed by atoms with Gasteiger partial charge in [0.15, 0.2) is 5.65 Å². The van der Waals surface area contributed by atoms with Crippen molar-refractivity contribution in [3.8, 4) is 0 Å². The third-order valence-electron chi connectivity index (χ3n) is 6.47. The van der Waals surface area contributed by atoms with Crippen molar-refractivity contribution in [2.24, 2.45) is 7.05 Å². The van der Waals surface area contributed by atoms with Crippen LogP contribution in [-0.4, -0.2) is 68.7 Å². The summed E-state index contributed by atoms with van der Waals surface area (Å²) in [4.78, 5) is 22.3. The minimum atomic E-state index is 0.161. The highest BCUT2D eigenvalue weighted by atomic mass is 16.2. The number of piperazine rings is 1. The predicted molar refractivity (Wildman–Crippen MR) is 116 cm³/mol. The normalized spacial score (nSPS) is 23.3. The summed E-state index contributed by atoms with van der Waals surface area (Å²) in [5.41, 5.74) is 3.87. The number of benzene rings is 1. The quantitative estimate of drug-likeness (QED) is 0.704. The Balaban J connectivity index is 1.24. The molecule has 5 rings (SSSR count). The van der Waals surface area contributed by atoms with Crippen LogP contribution in [0.4, 0.5) is 0 Å². The van der Waals surface area contributed by atoms with Gasteiger partial charge in [-0.2, -0.15) is 5.10 Å². The van der Waals surface area contributed by atoms with Gasteiger partial charge in [-0.1, -0.05) is 18.2 Å². The Morgan fingerprint density at radius 2 is 2.07 bits per heavy atom. The molecule has 0 saturated carbocycles. The second-order valence-electron chi connectivity index (χ2n) is 8.47. The number of carbonyl (C=O) groups is 1. The van der Waals surface area contributed by atoms with E-state index in [0.717, 1.165) is 67.0 Å². The third kappa shape index (κ3) is 3.48. The van der Waals surface area contributed by atoms with Gasteiger partial charge in [-0.05, 0) is 37.1 Å². The molecule has 1 unspecified atom stereocenters. The van der Waals surface area contributed by atoms with Gasteiger partial charge in [0.05, 0.1) is 5.69 Å². The predicted octanol–water partition coefficient (Wildman–Crippen LogP) is 1.97. The number of nitrogens with one attached hydrogen (secondary N) is 1. The number of rotatable bonds is 5. The smallest absolute Gasteiger partial charge is 0.254 e. The lowest BCUT2D eigenvalue weighted by Crippen LogP contribution is -2.57. The first-order valence-corrected chi connectivity index (χ1v) is 10.7. The average molecular weight is 405 g/mol. The van der Waals surface area contributed by atoms with E-state index in [9.17, 15) is 4.79 Å². The molecule has 30 heavy (non-hydrogen) atoms. The third-order valence-corrected chi connectivity index (χ3v) is 6.47. The van der Waals surface area contributed by atoms with Gasteiger partial charge in [-0.15, -0.1) is 0 Å². The van der Waals surface area contributed by atoms with Gasteiger partial charge in [0, 0.05) is 69.0 Å². The molecule has 1 amide bonds. The minimum absolute atomic E-state index is 0.161. The van der Waals surface area contributed by atoms with E-state index < -0.39 is 0 Å². The van der Waals surface area contributed by atoms with Crippen LogP contribution < -0.4 is 5.32 Å². The van der Waals surface area contributed by atoms with Crippen LogP contribution in [-0.2, 0) is 13.6 Å². The zero-order chi connectivity index (χ0) is 20.7. The summed E-state index contributed by atoms with van der Waals surface area (Å²) < 4.78 is 1.83. The number of nitrogens with zero attached hydrogens (tertiary/aromatic N) is 5. The molecule has 0 radical (unpaired) electrons. The molecule has 7 nitrogen and oxygen atoms in total. The minimum Gasteiger partial charge on any atom is -0.333 e. The molecule has 3 aromatic rings. The molecule has 2 bridgehead atoms. The van der Waals surface area contributed by atoms with Crippen molar-refractivity contribution in [1.82, 2.24) is 29.9 Å². The van der Waals surface area contributed by atoms with E-state index in [1.54, 1.807) is 0 Å². The Labute approximate surface area is 176 Å². The summed E-state index contributed by atoms with van der Waals surface area (Å²) in [5, 5.41) is 9.16. The maximum atomic E-state index is 13.1. The molecule has 3 atom stereocenters. The highest BCUT2D eigenvalue weighted by Gasteiger charge is 2.40. The fraction of sp³-hybridized carbons (Fsp3) is 0.435. The molecule has 2 aliphatic rings. The van der Waals surface area contributed by atoms with Crippen LogP contribution in [0.15, 0.2) is 42.6 Å². The fourth-order valence-corrected chi connectivity index (χ4v) is 4.87. The average Bonchev–Trinajstić information content (AvgIpc) is 3.31. The van der Waals surface area contributed by atoms with Crippen LogP contribution in [0.1, 0.15) is 28.0 Å². The molecule has 156 valence electrons. The number of amides is 1. The van der Waals surface area contributed by atoms with E-state index in [2.05, 4.69) is 31.3 Å². The van der Waals surface area contributed by atoms with Gasteiger partial charge in [0.25, 0.3) is 5.91 Å². The van der Waals surface area contributed by atoms with Gasteiger partial charge in [0.2, 0.25) is 0 Å². The molecule has 1 N–H and O–H groups in total. The van der Waals surface area contributed by atoms with E-state index in [-0.39, 0.29) is 5.91 Å². The number of carbonyl (C=O) groups excluding carboxylic acids is 1. The summed E-state index contributed by atoms with van der Waals surface area (Å²) in [5.74, 6) is 0.161. The second-order valence-corrected chi connectivity index (χ2v) is 8.47. The summed E-state index contributed by atoms with van der Waals surface area (Å²) in [6, 6.07) is 12.5. The van der Waals surface area contributed by atoms with Crippen LogP contribution in [0.25, 0.3) is 11.0 Å². The SMILES string of the molecule is Cc1nn(C)c2ncc(CNC[C@@H]3CN(C(=O)c4ccccc4)[C@H]4CCN3C4)cc12. The fourth-order valence-electron chi connectivity index (χ4n) is 4.87. The van der Waals surface area contributed by atoms with Crippen LogP contribution in [0, 0.1) is 6.92 Å². The lowest BCUT2D eigenvalue weighted by atomic mass is 10.1. The van der Waals surface area contributed by atoms with Crippen molar-refractivity contribution in [2.75, 3.05) is 26.2 Å². The van der Waals surface area contributed by atoms with Crippen molar-refractivity contribution < 1.29 is 4.79 Å².